The van der Waals surface area contributed by atoms with Crippen LogP contribution in [0.4, 0.5) is 4.39 Å². The molecule has 0 heterocycles. The second-order valence-corrected chi connectivity index (χ2v) is 8.70. The quantitative estimate of drug-likeness (QED) is 0.205. The van der Waals surface area contributed by atoms with E-state index in [9.17, 15) is 9.18 Å². The Hall–Kier alpha value is -1.72. The van der Waals surface area contributed by atoms with Crippen LogP contribution < -0.4 is 10.2 Å². The average molecular weight is 635 g/mol. The monoisotopic (exact) mass is 634 g/mol. The lowest BCUT2D eigenvalue weighted by Gasteiger charge is -2.11. The second kappa shape index (κ2) is 10.4. The predicted octanol–water partition coefficient (Wildman–Crippen LogP) is 6.03. The number of benzene rings is 3. The Morgan fingerprint density at radius 2 is 1.79 bits per heavy atom. The molecule has 0 radical (unpaired) electrons. The van der Waals surface area contributed by atoms with Gasteiger partial charge in [-0.1, -0.05) is 23.7 Å². The molecule has 0 atom stereocenters. The molecule has 4 nitrogen and oxygen atoms in total. The lowest BCUT2D eigenvalue weighted by Crippen LogP contribution is -2.17. The first-order chi connectivity index (χ1) is 13.9. The highest BCUT2D eigenvalue weighted by atomic mass is 127. The minimum absolute atomic E-state index is 0.272. The van der Waals surface area contributed by atoms with Gasteiger partial charge in [-0.2, -0.15) is 5.10 Å². The summed E-state index contributed by atoms with van der Waals surface area (Å²) in [5.41, 5.74) is 4.53. The SMILES string of the molecule is O=C(N/N=C\c1cc(I)c(OCc2cccc(F)c2)c(I)c1)c1ccc(Cl)cc1. The lowest BCUT2D eigenvalue weighted by molar-refractivity contribution is 0.0955. The van der Waals surface area contributed by atoms with E-state index in [1.807, 2.05) is 18.2 Å². The Morgan fingerprint density at radius 1 is 1.10 bits per heavy atom. The third kappa shape index (κ3) is 6.38. The van der Waals surface area contributed by atoms with E-state index in [4.69, 9.17) is 16.3 Å². The fourth-order valence-corrected chi connectivity index (χ4v) is 4.66. The van der Waals surface area contributed by atoms with Gasteiger partial charge in [0.25, 0.3) is 5.91 Å². The molecule has 0 unspecified atom stereocenters. The van der Waals surface area contributed by atoms with Gasteiger partial charge < -0.3 is 4.74 Å². The molecule has 29 heavy (non-hydrogen) atoms. The molecule has 0 bridgehead atoms. The zero-order chi connectivity index (χ0) is 20.8. The summed E-state index contributed by atoms with van der Waals surface area (Å²) in [6.07, 6.45) is 1.56. The van der Waals surface area contributed by atoms with Crippen molar-refractivity contribution < 1.29 is 13.9 Å². The van der Waals surface area contributed by atoms with Crippen molar-refractivity contribution in [2.45, 2.75) is 6.61 Å². The first-order valence-electron chi connectivity index (χ1n) is 8.37. The van der Waals surface area contributed by atoms with Crippen LogP contribution in [0.2, 0.25) is 5.02 Å². The number of hydrazone groups is 1. The average Bonchev–Trinajstić information content (AvgIpc) is 2.68. The minimum atomic E-state index is -0.322. The maximum atomic E-state index is 13.3. The first kappa shape index (κ1) is 22.0. The van der Waals surface area contributed by atoms with Gasteiger partial charge in [0.05, 0.1) is 13.4 Å². The van der Waals surface area contributed by atoms with Gasteiger partial charge in [-0.15, -0.1) is 0 Å². The van der Waals surface area contributed by atoms with Crippen LogP contribution >= 0.6 is 56.8 Å². The predicted molar refractivity (Wildman–Crippen MR) is 129 cm³/mol. The Morgan fingerprint density at radius 3 is 2.45 bits per heavy atom. The topological polar surface area (TPSA) is 50.7 Å². The Kier molecular flexibility index (Phi) is 7.84. The number of hydrogen-bond acceptors (Lipinski definition) is 3. The third-order valence-corrected chi connectivity index (χ3v) is 5.63. The third-order valence-electron chi connectivity index (χ3n) is 3.78. The molecule has 0 aliphatic carbocycles. The highest BCUT2D eigenvalue weighted by molar-refractivity contribution is 14.1. The zero-order valence-electron chi connectivity index (χ0n) is 14.8. The Bertz CT molecular complexity index is 1040. The van der Waals surface area contributed by atoms with Gasteiger partial charge in [0.1, 0.15) is 18.2 Å². The van der Waals surface area contributed by atoms with Gasteiger partial charge >= 0.3 is 0 Å². The molecular weight excluding hydrogens is 621 g/mol. The van der Waals surface area contributed by atoms with Crippen LogP contribution in [0.25, 0.3) is 0 Å². The largest absolute Gasteiger partial charge is 0.487 e. The number of halogens is 4. The number of rotatable bonds is 6. The van der Waals surface area contributed by atoms with Crippen LogP contribution in [-0.4, -0.2) is 12.1 Å². The highest BCUT2D eigenvalue weighted by Crippen LogP contribution is 2.29. The number of hydrogen-bond donors (Lipinski definition) is 1. The summed E-state index contributed by atoms with van der Waals surface area (Å²) in [5.74, 6) is 0.109. The maximum Gasteiger partial charge on any atom is 0.271 e. The van der Waals surface area contributed by atoms with Gasteiger partial charge in [-0.25, -0.2) is 9.82 Å². The van der Waals surface area contributed by atoms with Crippen LogP contribution in [0.15, 0.2) is 65.8 Å². The molecule has 0 fully saturated rings. The molecule has 0 aliphatic heterocycles. The molecule has 148 valence electrons. The van der Waals surface area contributed by atoms with Crippen molar-refractivity contribution in [3.63, 3.8) is 0 Å². The summed E-state index contributed by atoms with van der Waals surface area (Å²) in [4.78, 5) is 12.1. The summed E-state index contributed by atoms with van der Waals surface area (Å²) in [6, 6.07) is 16.6. The molecule has 0 aliphatic rings. The van der Waals surface area contributed by atoms with Crippen LogP contribution in [0.5, 0.6) is 5.75 Å². The van der Waals surface area contributed by atoms with Crippen LogP contribution in [0.1, 0.15) is 21.5 Å². The van der Waals surface area contributed by atoms with Gasteiger partial charge in [-0.05, 0) is 105 Å². The molecule has 0 saturated heterocycles. The maximum absolute atomic E-state index is 13.3. The van der Waals surface area contributed by atoms with Crippen molar-refractivity contribution in [3.8, 4) is 5.75 Å². The van der Waals surface area contributed by atoms with E-state index in [-0.39, 0.29) is 18.3 Å². The van der Waals surface area contributed by atoms with E-state index in [1.165, 1.54) is 12.1 Å². The molecule has 3 aromatic carbocycles. The number of amides is 1. The van der Waals surface area contributed by atoms with E-state index in [0.29, 0.717) is 10.6 Å². The van der Waals surface area contributed by atoms with E-state index < -0.39 is 0 Å². The van der Waals surface area contributed by atoms with Gasteiger partial charge in [0.2, 0.25) is 0 Å². The molecule has 1 N–H and O–H groups in total. The van der Waals surface area contributed by atoms with Gasteiger partial charge in [0, 0.05) is 10.6 Å². The van der Waals surface area contributed by atoms with Crippen molar-refractivity contribution in [2.24, 2.45) is 5.10 Å². The first-order valence-corrected chi connectivity index (χ1v) is 10.9. The number of nitrogens with one attached hydrogen (secondary N) is 1. The zero-order valence-corrected chi connectivity index (χ0v) is 19.9. The summed E-state index contributed by atoms with van der Waals surface area (Å²) in [6.45, 7) is 0.272. The van der Waals surface area contributed by atoms with Gasteiger partial charge in [-0.3, -0.25) is 4.79 Å². The Labute approximate surface area is 199 Å². The van der Waals surface area contributed by atoms with Crippen LogP contribution in [-0.2, 0) is 6.61 Å². The number of nitrogens with zero attached hydrogens (tertiary/aromatic N) is 1. The molecule has 0 saturated carbocycles. The normalized spacial score (nSPS) is 10.9. The van der Waals surface area contributed by atoms with Crippen molar-refractivity contribution in [1.82, 2.24) is 5.43 Å². The van der Waals surface area contributed by atoms with E-state index >= 15 is 0 Å². The fourth-order valence-electron chi connectivity index (χ4n) is 2.41. The molecule has 3 rings (SSSR count). The van der Waals surface area contributed by atoms with Crippen molar-refractivity contribution in [3.05, 3.63) is 95.3 Å². The Balaban J connectivity index is 1.64. The molecule has 0 aromatic heterocycles. The summed E-state index contributed by atoms with van der Waals surface area (Å²) >= 11 is 10.2. The highest BCUT2D eigenvalue weighted by Gasteiger charge is 2.09. The summed E-state index contributed by atoms with van der Waals surface area (Å²) in [5, 5.41) is 4.57. The molecule has 3 aromatic rings. The van der Waals surface area contributed by atoms with Crippen molar-refractivity contribution in [1.29, 1.82) is 0 Å². The molecule has 1 amide bonds. The van der Waals surface area contributed by atoms with Crippen LogP contribution in [0.3, 0.4) is 0 Å². The van der Waals surface area contributed by atoms with Crippen molar-refractivity contribution in [2.75, 3.05) is 0 Å². The van der Waals surface area contributed by atoms with E-state index in [1.54, 1.807) is 36.5 Å². The van der Waals surface area contributed by atoms with E-state index in [2.05, 4.69) is 55.7 Å². The number of carbonyl (C=O) groups excluding carboxylic acids is 1. The number of ether oxygens (including phenoxy) is 1. The van der Waals surface area contributed by atoms with Crippen molar-refractivity contribution >= 4 is 68.9 Å². The van der Waals surface area contributed by atoms with E-state index in [0.717, 1.165) is 24.0 Å². The smallest absolute Gasteiger partial charge is 0.271 e. The fraction of sp³-hybridized carbons (Fsp3) is 0.0476. The molecular formula is C21H14ClFI2N2O2. The molecule has 0 spiro atoms. The second-order valence-electron chi connectivity index (χ2n) is 5.94. The van der Waals surface area contributed by atoms with Gasteiger partial charge in [0.15, 0.2) is 0 Å². The minimum Gasteiger partial charge on any atom is -0.487 e. The summed E-state index contributed by atoms with van der Waals surface area (Å²) in [7, 11) is 0. The number of carbonyl (C=O) groups is 1. The molecule has 8 heteroatoms. The lowest BCUT2D eigenvalue weighted by atomic mass is 10.2. The standard InChI is InChI=1S/C21H14ClFI2N2O2/c22-16-6-4-15(5-7-16)21(28)27-26-11-14-9-18(24)20(19(25)10-14)29-12-13-2-1-3-17(23)8-13/h1-11H,12H2,(H,27,28)/b26-11-. The van der Waals surface area contributed by atoms with Crippen LogP contribution in [0, 0.1) is 13.0 Å². The summed E-state index contributed by atoms with van der Waals surface area (Å²) < 4.78 is 20.9.